The van der Waals surface area contributed by atoms with E-state index in [-0.39, 0.29) is 5.91 Å². The van der Waals surface area contributed by atoms with Crippen LogP contribution in [0.2, 0.25) is 0 Å². The lowest BCUT2D eigenvalue weighted by Gasteiger charge is -2.20. The normalized spacial score (nSPS) is 28.4. The van der Waals surface area contributed by atoms with E-state index in [2.05, 4.69) is 15.6 Å². The molecule has 1 aromatic heterocycles. The first-order valence-electron chi connectivity index (χ1n) is 7.18. The van der Waals surface area contributed by atoms with Gasteiger partial charge in [-0.15, -0.1) is 0 Å². The van der Waals surface area contributed by atoms with Crippen LogP contribution in [0.5, 0.6) is 0 Å². The minimum Gasteiger partial charge on any atom is -0.373 e. The summed E-state index contributed by atoms with van der Waals surface area (Å²) in [5.41, 5.74) is 0.784. The monoisotopic (exact) mass is 259 g/mol. The van der Waals surface area contributed by atoms with Crippen LogP contribution < -0.4 is 10.6 Å². The Balaban J connectivity index is 1.53. The number of pyridine rings is 1. The highest BCUT2D eigenvalue weighted by molar-refractivity contribution is 5.90. The van der Waals surface area contributed by atoms with Crippen LogP contribution in [0.1, 0.15) is 32.1 Å². The Bertz CT molecular complexity index is 457. The molecule has 0 aromatic carbocycles. The average molecular weight is 259 g/mol. The topological polar surface area (TPSA) is 54.0 Å². The largest absolute Gasteiger partial charge is 0.373 e. The second-order valence-corrected chi connectivity index (χ2v) is 5.87. The highest BCUT2D eigenvalue weighted by atomic mass is 16.1. The van der Waals surface area contributed by atoms with Gasteiger partial charge in [0.2, 0.25) is 5.91 Å². The molecule has 0 aliphatic heterocycles. The third kappa shape index (κ3) is 2.72. The number of nitrogens with zero attached hydrogens (tertiary/aromatic N) is 1. The summed E-state index contributed by atoms with van der Waals surface area (Å²) < 4.78 is 0. The van der Waals surface area contributed by atoms with Crippen molar-refractivity contribution in [1.29, 1.82) is 0 Å². The van der Waals surface area contributed by atoms with Crippen LogP contribution in [-0.2, 0) is 4.79 Å². The molecule has 2 aliphatic rings. The number of carbonyl (C=O) groups is 1. The van der Waals surface area contributed by atoms with E-state index >= 15 is 0 Å². The smallest absolute Gasteiger partial charge is 0.224 e. The molecule has 0 saturated heterocycles. The molecule has 2 aliphatic carbocycles. The Morgan fingerprint density at radius 1 is 1.37 bits per heavy atom. The van der Waals surface area contributed by atoms with Crippen molar-refractivity contribution in [1.82, 2.24) is 4.98 Å². The van der Waals surface area contributed by atoms with Gasteiger partial charge in [0.15, 0.2) is 0 Å². The van der Waals surface area contributed by atoms with Crippen molar-refractivity contribution >= 4 is 17.4 Å². The van der Waals surface area contributed by atoms with Gasteiger partial charge in [0.1, 0.15) is 5.82 Å². The quantitative estimate of drug-likeness (QED) is 0.874. The SMILES string of the molecule is CNc1ccc(NC(=O)CC2CC3CCC2C3)cn1. The molecular weight excluding hydrogens is 238 g/mol. The van der Waals surface area contributed by atoms with Crippen molar-refractivity contribution in [3.63, 3.8) is 0 Å². The molecular formula is C15H21N3O. The maximum absolute atomic E-state index is 12.0. The number of nitrogens with one attached hydrogen (secondary N) is 2. The number of hydrogen-bond acceptors (Lipinski definition) is 3. The number of carbonyl (C=O) groups excluding carboxylic acids is 1. The zero-order valence-electron chi connectivity index (χ0n) is 11.4. The maximum Gasteiger partial charge on any atom is 0.224 e. The first-order chi connectivity index (χ1) is 9.24. The Hall–Kier alpha value is -1.58. The van der Waals surface area contributed by atoms with Gasteiger partial charge in [-0.25, -0.2) is 4.98 Å². The minimum atomic E-state index is 0.136. The number of hydrogen-bond donors (Lipinski definition) is 2. The third-order valence-electron chi connectivity index (χ3n) is 4.64. The van der Waals surface area contributed by atoms with Crippen molar-refractivity contribution in [2.45, 2.75) is 32.1 Å². The second-order valence-electron chi connectivity index (χ2n) is 5.87. The summed E-state index contributed by atoms with van der Waals surface area (Å²) in [7, 11) is 1.83. The van der Waals surface area contributed by atoms with E-state index in [0.717, 1.165) is 23.3 Å². The Morgan fingerprint density at radius 3 is 2.84 bits per heavy atom. The zero-order valence-corrected chi connectivity index (χ0v) is 11.4. The summed E-state index contributed by atoms with van der Waals surface area (Å²) in [6, 6.07) is 3.75. The van der Waals surface area contributed by atoms with Gasteiger partial charge < -0.3 is 10.6 Å². The van der Waals surface area contributed by atoms with E-state index in [0.29, 0.717) is 12.3 Å². The van der Waals surface area contributed by atoms with E-state index in [1.807, 2.05) is 19.2 Å². The lowest BCUT2D eigenvalue weighted by atomic mass is 9.86. The second kappa shape index (κ2) is 5.19. The van der Waals surface area contributed by atoms with Crippen LogP contribution in [0.4, 0.5) is 11.5 Å². The van der Waals surface area contributed by atoms with Gasteiger partial charge in [0.25, 0.3) is 0 Å². The fourth-order valence-electron chi connectivity index (χ4n) is 3.69. The predicted octanol–water partition coefficient (Wildman–Crippen LogP) is 2.89. The summed E-state index contributed by atoms with van der Waals surface area (Å²) in [6.45, 7) is 0. The van der Waals surface area contributed by atoms with Crippen molar-refractivity contribution in [2.24, 2.45) is 17.8 Å². The molecule has 2 bridgehead atoms. The number of fused-ring (bicyclic) bond motifs is 2. The highest BCUT2D eigenvalue weighted by Gasteiger charge is 2.40. The van der Waals surface area contributed by atoms with Gasteiger partial charge in [-0.1, -0.05) is 6.42 Å². The lowest BCUT2D eigenvalue weighted by Crippen LogP contribution is -2.20. The molecule has 3 rings (SSSR count). The Kier molecular flexibility index (Phi) is 3.40. The van der Waals surface area contributed by atoms with E-state index in [1.165, 1.54) is 25.7 Å². The van der Waals surface area contributed by atoms with Crippen LogP contribution in [0, 0.1) is 17.8 Å². The predicted molar refractivity (Wildman–Crippen MR) is 76.0 cm³/mol. The number of amides is 1. The number of rotatable bonds is 4. The Labute approximate surface area is 114 Å². The molecule has 0 spiro atoms. The van der Waals surface area contributed by atoms with Crippen LogP contribution >= 0.6 is 0 Å². The summed E-state index contributed by atoms with van der Waals surface area (Å²) in [6.07, 6.45) is 7.71. The van der Waals surface area contributed by atoms with Crippen LogP contribution in [0.15, 0.2) is 18.3 Å². The van der Waals surface area contributed by atoms with Crippen LogP contribution in [0.3, 0.4) is 0 Å². The van der Waals surface area contributed by atoms with Crippen LogP contribution in [0.25, 0.3) is 0 Å². The number of aromatic nitrogens is 1. The highest BCUT2D eigenvalue weighted by Crippen LogP contribution is 2.49. The summed E-state index contributed by atoms with van der Waals surface area (Å²) in [4.78, 5) is 16.2. The molecule has 0 radical (unpaired) electrons. The minimum absolute atomic E-state index is 0.136. The summed E-state index contributed by atoms with van der Waals surface area (Å²) in [5.74, 6) is 3.27. The first kappa shape index (κ1) is 12.5. The molecule has 1 aromatic rings. The van der Waals surface area contributed by atoms with Crippen molar-refractivity contribution < 1.29 is 4.79 Å². The average Bonchev–Trinajstić information content (AvgIpc) is 3.02. The van der Waals surface area contributed by atoms with Crippen molar-refractivity contribution in [2.75, 3.05) is 17.7 Å². The van der Waals surface area contributed by atoms with Gasteiger partial charge >= 0.3 is 0 Å². The summed E-state index contributed by atoms with van der Waals surface area (Å²) >= 11 is 0. The van der Waals surface area contributed by atoms with Gasteiger partial charge in [-0.2, -0.15) is 0 Å². The summed E-state index contributed by atoms with van der Waals surface area (Å²) in [5, 5.41) is 5.91. The molecule has 1 amide bonds. The molecule has 4 nitrogen and oxygen atoms in total. The molecule has 102 valence electrons. The first-order valence-corrected chi connectivity index (χ1v) is 7.18. The van der Waals surface area contributed by atoms with E-state index in [1.54, 1.807) is 6.20 Å². The van der Waals surface area contributed by atoms with Gasteiger partial charge in [0.05, 0.1) is 11.9 Å². The maximum atomic E-state index is 12.0. The molecule has 2 fully saturated rings. The molecule has 4 heteroatoms. The molecule has 2 N–H and O–H groups in total. The molecule has 19 heavy (non-hydrogen) atoms. The molecule has 1 heterocycles. The molecule has 3 atom stereocenters. The van der Waals surface area contributed by atoms with Crippen molar-refractivity contribution in [3.05, 3.63) is 18.3 Å². The molecule has 3 unspecified atom stereocenters. The van der Waals surface area contributed by atoms with Gasteiger partial charge in [-0.3, -0.25) is 4.79 Å². The van der Waals surface area contributed by atoms with E-state index < -0.39 is 0 Å². The molecule has 2 saturated carbocycles. The zero-order chi connectivity index (χ0) is 13.2. The number of anilines is 2. The van der Waals surface area contributed by atoms with Gasteiger partial charge in [-0.05, 0) is 49.1 Å². The van der Waals surface area contributed by atoms with Crippen molar-refractivity contribution in [3.8, 4) is 0 Å². The lowest BCUT2D eigenvalue weighted by molar-refractivity contribution is -0.117. The van der Waals surface area contributed by atoms with Gasteiger partial charge in [0, 0.05) is 13.5 Å². The fourth-order valence-corrected chi connectivity index (χ4v) is 3.69. The fraction of sp³-hybridized carbons (Fsp3) is 0.600. The Morgan fingerprint density at radius 2 is 2.26 bits per heavy atom. The van der Waals surface area contributed by atoms with E-state index in [4.69, 9.17) is 0 Å². The third-order valence-corrected chi connectivity index (χ3v) is 4.64. The van der Waals surface area contributed by atoms with Crippen LogP contribution in [-0.4, -0.2) is 17.9 Å². The standard InChI is InChI=1S/C15H21N3O/c1-16-14-5-4-13(9-17-14)18-15(19)8-12-7-10-2-3-11(12)6-10/h4-5,9-12H,2-3,6-8H2,1H3,(H,16,17)(H,18,19). The van der Waals surface area contributed by atoms with E-state index in [9.17, 15) is 4.79 Å².